The van der Waals surface area contributed by atoms with E-state index in [1.54, 1.807) is 0 Å². The van der Waals surface area contributed by atoms with Crippen LogP contribution in [0.3, 0.4) is 0 Å². The quantitative estimate of drug-likeness (QED) is 0.442. The molecule has 0 rings (SSSR count). The van der Waals surface area contributed by atoms with Crippen molar-refractivity contribution in [1.29, 1.82) is 0 Å². The van der Waals surface area contributed by atoms with Crippen molar-refractivity contribution in [3.8, 4) is 0 Å². The Balaban J connectivity index is 0. The Morgan fingerprint density at radius 2 is 1.40 bits per heavy atom. The average molecular weight is 304 g/mol. The van der Waals surface area contributed by atoms with Gasteiger partial charge >= 0.3 is 79.4 Å². The van der Waals surface area contributed by atoms with Crippen molar-refractivity contribution in [1.82, 2.24) is 0 Å². The van der Waals surface area contributed by atoms with E-state index in [2.05, 4.69) is 0 Å². The Morgan fingerprint density at radius 3 is 1.40 bits per heavy atom. The molecule has 0 atom stereocenters. The second-order valence-electron chi connectivity index (χ2n) is 0.250. The van der Waals surface area contributed by atoms with Crippen LogP contribution in [0.15, 0.2) is 0 Å². The van der Waals surface area contributed by atoms with E-state index < -0.39 is 20.6 Å². The molecule has 0 heterocycles. The second-order valence-corrected chi connectivity index (χ2v) is 1.68. The van der Waals surface area contributed by atoms with E-state index >= 15 is 0 Å². The van der Waals surface area contributed by atoms with Gasteiger partial charge in [0, 0.05) is 0 Å². The van der Waals surface area contributed by atoms with Crippen LogP contribution in [0.4, 0.5) is 0 Å². The van der Waals surface area contributed by atoms with E-state index in [1.807, 2.05) is 0 Å². The molecule has 0 aromatic heterocycles. The summed E-state index contributed by atoms with van der Waals surface area (Å²) in [7, 11) is 0. The van der Waals surface area contributed by atoms with Crippen molar-refractivity contribution in [2.24, 2.45) is 0 Å². The number of hydrogen-bond acceptors (Lipinski definition) is 3. The van der Waals surface area contributed by atoms with E-state index in [1.165, 1.54) is 0 Å². The third-order valence-electron chi connectivity index (χ3n) is 0. The number of rotatable bonds is 0. The minimum absolute atomic E-state index is 0. The van der Waals surface area contributed by atoms with E-state index in [0.29, 0.717) is 0 Å². The molecule has 0 aromatic rings. The van der Waals surface area contributed by atoms with Gasteiger partial charge in [-0.05, 0) is 0 Å². The van der Waals surface area contributed by atoms with Crippen molar-refractivity contribution in [3.05, 3.63) is 0 Å². The summed E-state index contributed by atoms with van der Waals surface area (Å²) in [5.41, 5.74) is 0. The molecule has 0 aliphatic heterocycles. The van der Waals surface area contributed by atoms with E-state index in [4.69, 9.17) is 9.96 Å². The first-order chi connectivity index (χ1) is 1.73. The molecule has 0 N–H and O–H groups in total. The van der Waals surface area contributed by atoms with Gasteiger partial charge in [-0.2, -0.15) is 0 Å². The Kier molecular flexibility index (Phi) is 12.4. The van der Waals surface area contributed by atoms with Crippen LogP contribution < -0.4 is 6.89 Å². The van der Waals surface area contributed by atoms with Crippen LogP contribution in [0.5, 0.6) is 0 Å². The zero-order valence-corrected chi connectivity index (χ0v) is 9.73. The van der Waals surface area contributed by atoms with Gasteiger partial charge in [0.25, 0.3) is 0 Å². The summed E-state index contributed by atoms with van der Waals surface area (Å²) in [6.07, 6.45) is 0. The van der Waals surface area contributed by atoms with Crippen LogP contribution in [-0.4, -0.2) is 69.5 Å². The van der Waals surface area contributed by atoms with Crippen LogP contribution in [0.1, 0.15) is 0 Å². The monoisotopic (exact) mass is 306 g/mol. The van der Waals surface area contributed by atoms with Gasteiger partial charge in [-0.25, -0.2) is 0 Å². The van der Waals surface area contributed by atoms with Crippen LogP contribution in [-0.2, 0) is 3.08 Å². The molecule has 0 fully saturated rings. The molecule has 0 saturated heterocycles. The van der Waals surface area contributed by atoms with Crippen molar-refractivity contribution in [2.75, 3.05) is 0 Å². The summed E-state index contributed by atoms with van der Waals surface area (Å²) < 4.78 is 25.8. The average Bonchev–Trinajstić information content (AvgIpc) is 0.811. The Morgan fingerprint density at radius 1 is 1.40 bits per heavy atom. The molecule has 0 spiro atoms. The fraction of sp³-hybridized carbons (Fsp3) is 0. The van der Waals surface area contributed by atoms with Gasteiger partial charge in [-0.3, -0.25) is 0 Å². The normalized spacial score (nSPS) is 5.20. The topological polar surface area (TPSA) is 63.2 Å². The molecule has 0 aliphatic carbocycles. The molecule has 0 bridgehead atoms. The molecule has 0 unspecified atom stereocenters. The molecule has 3 nitrogen and oxygen atoms in total. The van der Waals surface area contributed by atoms with Crippen LogP contribution >= 0.6 is 0 Å². The SMILES string of the molecule is [Ba+2].[O]=[Sn]([O-])[O-]. The van der Waals surface area contributed by atoms with Crippen molar-refractivity contribution in [2.45, 2.75) is 0 Å². The standard InChI is InChI=1S/Ba.3O.Sn/q+2;;2*-1;. The summed E-state index contributed by atoms with van der Waals surface area (Å²) in [6.45, 7) is 0. The predicted octanol–water partition coefficient (Wildman–Crippen LogP) is -3.26. The molecule has 0 amide bonds. The molecule has 24 valence electrons. The Bertz CT molecular complexity index is 29.9. The molecule has 0 aliphatic rings. The third-order valence-corrected chi connectivity index (χ3v) is 0. The molecule has 0 saturated carbocycles. The van der Waals surface area contributed by atoms with Crippen LogP contribution in [0.25, 0.3) is 0 Å². The fourth-order valence-electron chi connectivity index (χ4n) is 0. The second kappa shape index (κ2) is 6.09. The summed E-state index contributed by atoms with van der Waals surface area (Å²) in [6, 6.07) is 0. The fourth-order valence-corrected chi connectivity index (χ4v) is 0. The van der Waals surface area contributed by atoms with Crippen LogP contribution in [0, 0.1) is 0 Å². The van der Waals surface area contributed by atoms with E-state index in [0.717, 1.165) is 0 Å². The third kappa shape index (κ3) is 23.3. The van der Waals surface area contributed by atoms with Gasteiger partial charge in [0.2, 0.25) is 0 Å². The molecule has 5 heavy (non-hydrogen) atoms. The van der Waals surface area contributed by atoms with E-state index in [9.17, 15) is 0 Å². The predicted molar refractivity (Wildman–Crippen MR) is 12.2 cm³/mol. The number of hydrogen-bond donors (Lipinski definition) is 0. The zero-order valence-electron chi connectivity index (χ0n) is 2.43. The van der Waals surface area contributed by atoms with Gasteiger partial charge < -0.3 is 0 Å². The van der Waals surface area contributed by atoms with Crippen molar-refractivity contribution < 1.29 is 9.96 Å². The maximum atomic E-state index is 8.61. The zero-order chi connectivity index (χ0) is 3.58. The van der Waals surface area contributed by atoms with Crippen molar-refractivity contribution in [3.63, 3.8) is 0 Å². The van der Waals surface area contributed by atoms with Gasteiger partial charge in [0.15, 0.2) is 0 Å². The maximum absolute atomic E-state index is 8.61. The summed E-state index contributed by atoms with van der Waals surface area (Å²) in [5.74, 6) is 0. The van der Waals surface area contributed by atoms with Crippen molar-refractivity contribution >= 4 is 69.5 Å². The first-order valence-electron chi connectivity index (χ1n) is 0.612. The van der Waals surface area contributed by atoms with Gasteiger partial charge in [0.05, 0.1) is 0 Å². The Labute approximate surface area is 77.7 Å². The first kappa shape index (κ1) is 10.1. The Hall–Kier alpha value is 2.09. The first-order valence-corrected chi connectivity index (χ1v) is 4.11. The summed E-state index contributed by atoms with van der Waals surface area (Å²) in [5, 5.41) is 0. The molecular formula is BaO3Sn. The molecular weight excluding hydrogens is 304 g/mol. The molecule has 5 heteroatoms. The summed E-state index contributed by atoms with van der Waals surface area (Å²) >= 11 is -4.29. The van der Waals surface area contributed by atoms with Crippen LogP contribution in [0.2, 0.25) is 0 Å². The summed E-state index contributed by atoms with van der Waals surface area (Å²) in [4.78, 5) is 0. The molecule has 0 aromatic carbocycles. The van der Waals surface area contributed by atoms with Gasteiger partial charge in [0.1, 0.15) is 0 Å². The minimum atomic E-state index is -4.29. The van der Waals surface area contributed by atoms with Gasteiger partial charge in [-0.15, -0.1) is 0 Å². The molecule has 0 radical (unpaired) electrons. The van der Waals surface area contributed by atoms with E-state index in [-0.39, 0.29) is 48.9 Å². The van der Waals surface area contributed by atoms with Gasteiger partial charge in [-0.1, -0.05) is 0 Å².